The van der Waals surface area contributed by atoms with E-state index in [0.717, 1.165) is 12.8 Å². The molecular weight excluding hydrogens is 504 g/mol. The van der Waals surface area contributed by atoms with Gasteiger partial charge in [0, 0.05) is 31.8 Å². The van der Waals surface area contributed by atoms with E-state index in [2.05, 4.69) is 13.5 Å². The monoisotopic (exact) mass is 552 g/mol. The molecule has 0 aromatic carbocycles. The van der Waals surface area contributed by atoms with Crippen LogP contribution in [0.5, 0.6) is 0 Å². The van der Waals surface area contributed by atoms with Crippen molar-refractivity contribution in [2.24, 2.45) is 34.5 Å². The third kappa shape index (κ3) is 5.32. The highest BCUT2D eigenvalue weighted by Gasteiger charge is 2.76. The normalized spacial score (nSPS) is 37.3. The molecule has 3 fully saturated rings. The van der Waals surface area contributed by atoms with Crippen molar-refractivity contribution in [3.8, 4) is 0 Å². The summed E-state index contributed by atoms with van der Waals surface area (Å²) in [7, 11) is 1.21. The summed E-state index contributed by atoms with van der Waals surface area (Å²) in [6.45, 7) is 15.7. The number of ether oxygens (including phenoxy) is 1. The van der Waals surface area contributed by atoms with Crippen molar-refractivity contribution in [2.45, 2.75) is 97.6 Å². The van der Waals surface area contributed by atoms with Crippen LogP contribution in [-0.2, 0) is 14.4 Å². The van der Waals surface area contributed by atoms with Crippen molar-refractivity contribution in [2.75, 3.05) is 20.1 Å². The van der Waals surface area contributed by atoms with E-state index in [1.54, 1.807) is 19.9 Å². The smallest absolute Gasteiger partial charge is 0.414 e. The van der Waals surface area contributed by atoms with Gasteiger partial charge in [0.1, 0.15) is 5.60 Å². The van der Waals surface area contributed by atoms with Gasteiger partial charge >= 0.3 is 12.2 Å². The topological polar surface area (TPSA) is 137 Å². The van der Waals surface area contributed by atoms with E-state index in [0.29, 0.717) is 30.5 Å². The highest BCUT2D eigenvalue weighted by atomic mass is 16.8. The van der Waals surface area contributed by atoms with Gasteiger partial charge in [0.2, 0.25) is 5.79 Å². The largest absolute Gasteiger partial charge is 0.445 e. The Kier molecular flexibility index (Phi) is 8.85. The standard InChI is InChI=1S/C29H48N2O8/c1-9-18(2)16-22(33)29(37)20(4)17-21(32)23-26(5,6)12-13-28(36,27(23,29)7)38-24(34)30(8)39-25(35)31-14-10-19(3)11-15-31/h9,18-21,23,32,36-37H,1,10-17H2,2-8H3/t18-,20+,21+,23+,27-,28+,29-/m1/s1. The van der Waals surface area contributed by atoms with Gasteiger partial charge in [0.05, 0.1) is 18.6 Å². The fraction of sp³-hybridized carbons (Fsp3) is 0.828. The Labute approximate surface area is 232 Å². The molecule has 10 nitrogen and oxygen atoms in total. The Morgan fingerprint density at radius 3 is 2.28 bits per heavy atom. The molecule has 0 aromatic heterocycles. The van der Waals surface area contributed by atoms with Crippen LogP contribution >= 0.6 is 0 Å². The number of aliphatic hydroxyl groups excluding tert-OH is 1. The van der Waals surface area contributed by atoms with Crippen LogP contribution in [0, 0.1) is 34.5 Å². The molecule has 3 N–H and O–H groups in total. The molecule has 10 heteroatoms. The van der Waals surface area contributed by atoms with Crippen molar-refractivity contribution in [1.82, 2.24) is 9.96 Å². The number of fused-ring (bicyclic) bond motifs is 1. The van der Waals surface area contributed by atoms with Crippen molar-refractivity contribution in [3.05, 3.63) is 12.7 Å². The summed E-state index contributed by atoms with van der Waals surface area (Å²) in [5.41, 5.74) is -4.50. The number of allylic oxidation sites excluding steroid dienone is 1. The van der Waals surface area contributed by atoms with Gasteiger partial charge in [0.25, 0.3) is 0 Å². The van der Waals surface area contributed by atoms with Crippen molar-refractivity contribution >= 4 is 18.0 Å². The molecule has 39 heavy (non-hydrogen) atoms. The van der Waals surface area contributed by atoms with Crippen LogP contribution in [0.1, 0.15) is 80.1 Å². The Bertz CT molecular complexity index is 963. The Balaban J connectivity index is 1.95. The molecule has 0 bridgehead atoms. The summed E-state index contributed by atoms with van der Waals surface area (Å²) in [6, 6.07) is 0. The summed E-state index contributed by atoms with van der Waals surface area (Å²) in [5, 5.41) is 36.4. The number of aliphatic hydroxyl groups is 3. The predicted molar refractivity (Wildman–Crippen MR) is 144 cm³/mol. The lowest BCUT2D eigenvalue weighted by Crippen LogP contribution is -2.78. The molecule has 1 saturated heterocycles. The molecule has 2 aliphatic carbocycles. The van der Waals surface area contributed by atoms with Gasteiger partial charge in [-0.1, -0.05) is 40.7 Å². The van der Waals surface area contributed by atoms with Gasteiger partial charge in [-0.3, -0.25) is 4.79 Å². The number of hydrogen-bond donors (Lipinski definition) is 3. The maximum atomic E-state index is 13.8. The van der Waals surface area contributed by atoms with Gasteiger partial charge in [0.15, 0.2) is 5.78 Å². The SMILES string of the molecule is C=C[C@@H](C)CC(=O)[C@]1(O)[C@@H](C)C[C@H](O)[C@H]2C(C)(C)CC[C@](O)(OC(=O)N(C)OC(=O)N3CCC(C)CC3)[C@@]21C. The summed E-state index contributed by atoms with van der Waals surface area (Å²) in [4.78, 5) is 46.4. The number of hydrogen-bond acceptors (Lipinski definition) is 8. The Morgan fingerprint density at radius 1 is 1.13 bits per heavy atom. The number of amides is 2. The zero-order valence-corrected chi connectivity index (χ0v) is 24.6. The summed E-state index contributed by atoms with van der Waals surface area (Å²) >= 11 is 0. The minimum absolute atomic E-state index is 0.0286. The number of piperidine rings is 1. The van der Waals surface area contributed by atoms with Crippen LogP contribution in [0.2, 0.25) is 0 Å². The molecule has 3 aliphatic rings. The van der Waals surface area contributed by atoms with Crippen LogP contribution in [0.25, 0.3) is 0 Å². The zero-order chi connectivity index (χ0) is 29.6. The molecule has 0 radical (unpaired) electrons. The Morgan fingerprint density at radius 2 is 1.72 bits per heavy atom. The second-order valence-corrected chi connectivity index (χ2v) is 13.2. The molecule has 7 atom stereocenters. The van der Waals surface area contributed by atoms with Gasteiger partial charge in [-0.05, 0) is 55.8 Å². The molecular formula is C29H48N2O8. The van der Waals surface area contributed by atoms with Crippen LogP contribution in [0.15, 0.2) is 12.7 Å². The van der Waals surface area contributed by atoms with Gasteiger partial charge in [-0.25, -0.2) is 9.59 Å². The van der Waals surface area contributed by atoms with Crippen molar-refractivity contribution < 1.29 is 39.3 Å². The van der Waals surface area contributed by atoms with Crippen molar-refractivity contribution in [1.29, 1.82) is 0 Å². The van der Waals surface area contributed by atoms with Gasteiger partial charge in [-0.15, -0.1) is 11.6 Å². The fourth-order valence-electron chi connectivity index (χ4n) is 7.42. The van der Waals surface area contributed by atoms with E-state index in [1.807, 2.05) is 13.8 Å². The average Bonchev–Trinajstić information content (AvgIpc) is 2.85. The fourth-order valence-corrected chi connectivity index (χ4v) is 7.42. The summed E-state index contributed by atoms with van der Waals surface area (Å²) in [5.74, 6) is -4.12. The molecule has 2 amide bonds. The van der Waals surface area contributed by atoms with E-state index in [-0.39, 0.29) is 25.2 Å². The van der Waals surface area contributed by atoms with E-state index in [9.17, 15) is 29.7 Å². The van der Waals surface area contributed by atoms with E-state index in [1.165, 1.54) is 18.9 Å². The quantitative estimate of drug-likeness (QED) is 0.266. The maximum Gasteiger partial charge on any atom is 0.445 e. The molecule has 3 rings (SSSR count). The third-order valence-electron chi connectivity index (χ3n) is 9.97. The van der Waals surface area contributed by atoms with Crippen molar-refractivity contribution in [3.63, 3.8) is 0 Å². The summed E-state index contributed by atoms with van der Waals surface area (Å²) < 4.78 is 5.69. The molecule has 0 unspecified atom stereocenters. The van der Waals surface area contributed by atoms with Gasteiger partial charge in [-0.2, -0.15) is 0 Å². The first-order chi connectivity index (χ1) is 17.9. The van der Waals surface area contributed by atoms with Crippen LogP contribution < -0.4 is 0 Å². The number of likely N-dealkylation sites (tertiary alicyclic amines) is 1. The summed E-state index contributed by atoms with van der Waals surface area (Å²) in [6.07, 6.45) is 0.851. The molecule has 2 saturated carbocycles. The highest BCUT2D eigenvalue weighted by Crippen LogP contribution is 2.66. The van der Waals surface area contributed by atoms with E-state index >= 15 is 0 Å². The number of hydroxylamine groups is 2. The second kappa shape index (κ2) is 11.0. The Hall–Kier alpha value is -2.17. The number of carbonyl (C=O) groups excluding carboxylic acids is 3. The first-order valence-corrected chi connectivity index (χ1v) is 14.2. The molecule has 1 aliphatic heterocycles. The lowest BCUT2D eigenvalue weighted by atomic mass is 9.41. The third-order valence-corrected chi connectivity index (χ3v) is 9.97. The molecule has 222 valence electrons. The number of Topliss-reactive ketones (excluding diaryl/α,β-unsaturated/α-hetero) is 1. The molecule has 1 heterocycles. The van der Waals surface area contributed by atoms with E-state index < -0.39 is 58.1 Å². The van der Waals surface area contributed by atoms with Crippen LogP contribution in [-0.4, -0.2) is 80.9 Å². The predicted octanol–water partition coefficient (Wildman–Crippen LogP) is 3.88. The van der Waals surface area contributed by atoms with Gasteiger partial charge < -0.3 is 29.8 Å². The first-order valence-electron chi connectivity index (χ1n) is 14.2. The highest BCUT2D eigenvalue weighted by molar-refractivity contribution is 5.89. The lowest BCUT2D eigenvalue weighted by molar-refractivity contribution is -0.365. The minimum Gasteiger partial charge on any atom is -0.414 e. The number of ketones is 1. The number of nitrogens with zero attached hydrogens (tertiary/aromatic N) is 2. The molecule has 0 aromatic rings. The van der Waals surface area contributed by atoms with E-state index in [4.69, 9.17) is 9.57 Å². The second-order valence-electron chi connectivity index (χ2n) is 13.2. The lowest BCUT2D eigenvalue weighted by Gasteiger charge is -2.67. The maximum absolute atomic E-state index is 13.8. The number of rotatable bonds is 5. The average molecular weight is 553 g/mol. The van der Waals surface area contributed by atoms with Crippen LogP contribution in [0.3, 0.4) is 0 Å². The minimum atomic E-state index is -2.34. The van der Waals surface area contributed by atoms with Crippen LogP contribution in [0.4, 0.5) is 9.59 Å². The first kappa shape index (κ1) is 31.4. The number of carbonyl (C=O) groups is 3. The molecule has 0 spiro atoms. The zero-order valence-electron chi connectivity index (χ0n) is 24.6.